The molecule has 1 spiro atoms. The van der Waals surface area contributed by atoms with Crippen molar-refractivity contribution in [2.45, 2.75) is 57.8 Å². The van der Waals surface area contributed by atoms with Crippen LogP contribution in [0.2, 0.25) is 0 Å². The summed E-state index contributed by atoms with van der Waals surface area (Å²) in [4.78, 5) is 27.6. The molecule has 3 unspecified atom stereocenters. The zero-order chi connectivity index (χ0) is 14.9. The van der Waals surface area contributed by atoms with E-state index in [0.717, 1.165) is 17.9 Å². The van der Waals surface area contributed by atoms with Crippen LogP contribution in [0.15, 0.2) is 12.7 Å². The molecule has 112 valence electrons. The molecule has 3 atom stereocenters. The van der Waals surface area contributed by atoms with Gasteiger partial charge in [0.25, 0.3) is 5.91 Å². The Hall–Kier alpha value is -1.56. The van der Waals surface area contributed by atoms with Gasteiger partial charge < -0.3 is 14.7 Å². The lowest BCUT2D eigenvalue weighted by molar-refractivity contribution is -0.179. The van der Waals surface area contributed by atoms with Crippen molar-refractivity contribution in [3.8, 4) is 0 Å². The first kappa shape index (κ1) is 14.8. The summed E-state index contributed by atoms with van der Waals surface area (Å²) in [5, 5.41) is 9.82. The van der Waals surface area contributed by atoms with Crippen molar-refractivity contribution >= 4 is 12.1 Å². The Kier molecular flexibility index (Phi) is 4.04. The fourth-order valence-corrected chi connectivity index (χ4v) is 3.76. The van der Waals surface area contributed by atoms with Crippen LogP contribution in [0.1, 0.15) is 39.5 Å². The SMILES string of the molecule is C=CCC1N(OC(=O)O)C(=O)CC12CC(C)OC(C)C2. The van der Waals surface area contributed by atoms with Crippen LogP contribution in [-0.4, -0.2) is 40.5 Å². The van der Waals surface area contributed by atoms with Crippen molar-refractivity contribution in [2.24, 2.45) is 5.41 Å². The molecular weight excluding hydrogens is 262 g/mol. The van der Waals surface area contributed by atoms with Gasteiger partial charge in [0.05, 0.1) is 18.2 Å². The minimum Gasteiger partial charge on any atom is -0.448 e. The first-order valence-corrected chi connectivity index (χ1v) is 6.87. The molecule has 0 saturated carbocycles. The van der Waals surface area contributed by atoms with Crippen LogP contribution < -0.4 is 0 Å². The van der Waals surface area contributed by atoms with E-state index in [9.17, 15) is 9.59 Å². The van der Waals surface area contributed by atoms with Crippen molar-refractivity contribution in [3.63, 3.8) is 0 Å². The molecular formula is C14H21NO5. The number of ether oxygens (including phenoxy) is 1. The number of hydrogen-bond donors (Lipinski definition) is 1. The summed E-state index contributed by atoms with van der Waals surface area (Å²) in [7, 11) is 0. The van der Waals surface area contributed by atoms with Crippen LogP contribution in [0.5, 0.6) is 0 Å². The van der Waals surface area contributed by atoms with Crippen molar-refractivity contribution in [1.82, 2.24) is 5.06 Å². The highest BCUT2D eigenvalue weighted by atomic mass is 16.8. The number of carboxylic acid groups (broad SMARTS) is 1. The highest BCUT2D eigenvalue weighted by molar-refractivity contribution is 5.80. The zero-order valence-corrected chi connectivity index (χ0v) is 11.9. The number of carbonyl (C=O) groups excluding carboxylic acids is 1. The molecule has 0 radical (unpaired) electrons. The van der Waals surface area contributed by atoms with Crippen LogP contribution in [-0.2, 0) is 14.4 Å². The maximum atomic E-state index is 12.1. The predicted octanol–water partition coefficient (Wildman–Crippen LogP) is 2.35. The van der Waals surface area contributed by atoms with Gasteiger partial charge in [0.15, 0.2) is 0 Å². The molecule has 6 heteroatoms. The molecule has 2 rings (SSSR count). The van der Waals surface area contributed by atoms with Gasteiger partial charge in [0.1, 0.15) is 0 Å². The highest BCUT2D eigenvalue weighted by Crippen LogP contribution is 2.50. The Morgan fingerprint density at radius 2 is 2.15 bits per heavy atom. The van der Waals surface area contributed by atoms with Gasteiger partial charge >= 0.3 is 6.16 Å². The quantitative estimate of drug-likeness (QED) is 0.805. The van der Waals surface area contributed by atoms with E-state index in [0.29, 0.717) is 12.8 Å². The van der Waals surface area contributed by atoms with E-state index >= 15 is 0 Å². The molecule has 2 saturated heterocycles. The molecule has 0 aromatic carbocycles. The van der Waals surface area contributed by atoms with Gasteiger partial charge in [0.2, 0.25) is 0 Å². The second-order valence-electron chi connectivity index (χ2n) is 5.82. The maximum Gasteiger partial charge on any atom is 0.531 e. The number of hydrogen-bond acceptors (Lipinski definition) is 4. The van der Waals surface area contributed by atoms with Gasteiger partial charge in [-0.25, -0.2) is 4.79 Å². The first-order valence-electron chi connectivity index (χ1n) is 6.87. The van der Waals surface area contributed by atoms with E-state index in [1.807, 2.05) is 13.8 Å². The Morgan fingerprint density at radius 1 is 1.55 bits per heavy atom. The summed E-state index contributed by atoms with van der Waals surface area (Å²) in [5.74, 6) is -0.277. The van der Waals surface area contributed by atoms with E-state index in [-0.39, 0.29) is 29.6 Å². The maximum absolute atomic E-state index is 12.1. The Labute approximate surface area is 118 Å². The lowest BCUT2D eigenvalue weighted by Crippen LogP contribution is -2.47. The van der Waals surface area contributed by atoms with Crippen LogP contribution in [0.4, 0.5) is 4.79 Å². The fraction of sp³-hybridized carbons (Fsp3) is 0.714. The van der Waals surface area contributed by atoms with Crippen molar-refractivity contribution in [2.75, 3.05) is 0 Å². The van der Waals surface area contributed by atoms with E-state index in [2.05, 4.69) is 6.58 Å². The normalized spacial score (nSPS) is 37.2. The summed E-state index contributed by atoms with van der Waals surface area (Å²) in [5.41, 5.74) is -0.294. The van der Waals surface area contributed by atoms with Crippen molar-refractivity contribution in [3.05, 3.63) is 12.7 Å². The summed E-state index contributed by atoms with van der Waals surface area (Å²) in [6, 6.07) is -0.294. The number of hydroxylamine groups is 2. The topological polar surface area (TPSA) is 76.1 Å². The van der Waals surface area contributed by atoms with Crippen molar-refractivity contribution < 1.29 is 24.3 Å². The molecule has 0 aliphatic carbocycles. The second-order valence-corrected chi connectivity index (χ2v) is 5.82. The molecule has 0 bridgehead atoms. The molecule has 0 aromatic rings. The van der Waals surface area contributed by atoms with E-state index in [1.165, 1.54) is 0 Å². The zero-order valence-electron chi connectivity index (χ0n) is 11.9. The average Bonchev–Trinajstić information content (AvgIpc) is 2.52. The fourth-order valence-electron chi connectivity index (χ4n) is 3.76. The lowest BCUT2D eigenvalue weighted by Gasteiger charge is -2.43. The van der Waals surface area contributed by atoms with Gasteiger partial charge in [0, 0.05) is 11.8 Å². The monoisotopic (exact) mass is 283 g/mol. The van der Waals surface area contributed by atoms with Crippen LogP contribution >= 0.6 is 0 Å². The standard InChI is InChI=1S/C14H21NO5/c1-4-5-11-14(6-9(2)19-10(3)7-14)8-12(16)15(11)20-13(17)18/h4,9-11H,1,5-8H2,2-3H3,(H,17,18). The van der Waals surface area contributed by atoms with E-state index in [1.54, 1.807) is 6.08 Å². The van der Waals surface area contributed by atoms with E-state index in [4.69, 9.17) is 14.7 Å². The second kappa shape index (κ2) is 5.44. The minimum absolute atomic E-state index is 0.0450. The molecule has 1 N–H and O–H groups in total. The summed E-state index contributed by atoms with van der Waals surface area (Å²) in [6.45, 7) is 7.67. The van der Waals surface area contributed by atoms with Gasteiger partial charge in [-0.15, -0.1) is 6.58 Å². The van der Waals surface area contributed by atoms with Crippen LogP contribution in [0.25, 0.3) is 0 Å². The number of rotatable bonds is 3. The summed E-state index contributed by atoms with van der Waals surface area (Å²) in [6.07, 6.45) is 2.59. The molecule has 6 nitrogen and oxygen atoms in total. The largest absolute Gasteiger partial charge is 0.531 e. The molecule has 20 heavy (non-hydrogen) atoms. The smallest absolute Gasteiger partial charge is 0.448 e. The molecule has 0 aromatic heterocycles. The molecule has 2 aliphatic heterocycles. The summed E-state index contributed by atoms with van der Waals surface area (Å²) < 4.78 is 5.74. The number of carbonyl (C=O) groups is 2. The highest BCUT2D eigenvalue weighted by Gasteiger charge is 2.55. The van der Waals surface area contributed by atoms with Gasteiger partial charge in [-0.2, -0.15) is 5.06 Å². The van der Waals surface area contributed by atoms with Crippen molar-refractivity contribution in [1.29, 1.82) is 0 Å². The molecule has 2 aliphatic rings. The van der Waals surface area contributed by atoms with Crippen LogP contribution in [0, 0.1) is 5.41 Å². The third kappa shape index (κ3) is 2.65. The molecule has 1 amide bonds. The number of nitrogens with zero attached hydrogens (tertiary/aromatic N) is 1. The van der Waals surface area contributed by atoms with Gasteiger partial charge in [-0.1, -0.05) is 6.08 Å². The number of amides is 1. The van der Waals surface area contributed by atoms with Gasteiger partial charge in [-0.05, 0) is 33.1 Å². The predicted molar refractivity (Wildman–Crippen MR) is 70.9 cm³/mol. The van der Waals surface area contributed by atoms with Crippen LogP contribution in [0.3, 0.4) is 0 Å². The lowest BCUT2D eigenvalue weighted by atomic mass is 9.69. The Bertz CT molecular complexity index is 412. The summed E-state index contributed by atoms with van der Waals surface area (Å²) >= 11 is 0. The first-order chi connectivity index (χ1) is 9.38. The minimum atomic E-state index is -1.46. The molecule has 2 fully saturated rings. The average molecular weight is 283 g/mol. The molecule has 2 heterocycles. The Balaban J connectivity index is 2.29. The van der Waals surface area contributed by atoms with E-state index < -0.39 is 6.16 Å². The Morgan fingerprint density at radius 3 is 2.65 bits per heavy atom. The van der Waals surface area contributed by atoms with Gasteiger partial charge in [-0.3, -0.25) is 4.79 Å². The third-order valence-electron chi connectivity index (χ3n) is 4.16. The third-order valence-corrected chi connectivity index (χ3v) is 4.16.